The standard InChI is InChI=1S/C24H46N4O7.C22H34N4O3S2.C2H6O.C2H6/c25-13-10-11-21(28-22(30)19-35-18-17-34-16-15-26-20-29)24(33)27-14-9-7-5-3-1-2-4-6-8-12-23(31)32;1-4-17(2)7-11-26(3)22(29)19(14-18-8-12-30-15-18)25-21(28)16-31-13-10-24-20(27)6-5-9-23;1-2-3;1-2/h20-21H,1-19,25H2,(H,26,29)(H,27,33)(H,28,30)(H,31,32);4-6,8,12,15,19H,7,9-11,13-14,16,23H2,1-3H3,(H,24,27)(H,25,28);3H,2H2,1H3;1-2H3/b;6-5?,17-4+;;. The van der Waals surface area contributed by atoms with E-state index >= 15 is 0 Å². The summed E-state index contributed by atoms with van der Waals surface area (Å²) in [4.78, 5) is 83.7. The van der Waals surface area contributed by atoms with Crippen LogP contribution in [0.15, 0.2) is 40.6 Å². The van der Waals surface area contributed by atoms with E-state index in [1.54, 1.807) is 36.3 Å². The number of carboxylic acids is 1. The van der Waals surface area contributed by atoms with Crippen molar-refractivity contribution in [3.63, 3.8) is 0 Å². The third-order valence-electron chi connectivity index (χ3n) is 9.84. The highest BCUT2D eigenvalue weighted by atomic mass is 32.2. The van der Waals surface area contributed by atoms with Gasteiger partial charge in [0.05, 0.1) is 25.6 Å². The molecule has 6 amide bonds. The number of hydrogen-bond donors (Lipinski definition) is 9. The SMILES string of the molecule is C/C=C(\C)CCN(C)C(=O)C(Cc1ccsc1)NC(=O)CSCCNC(=O)C=CCN.CC.CCO.NCCCC(NC(=O)COCCOCCNC=O)C(=O)NCCCCCCCCCCCC(=O)O. The van der Waals surface area contributed by atoms with Crippen LogP contribution in [-0.4, -0.2) is 160 Å². The normalized spacial score (nSPS) is 11.5. The van der Waals surface area contributed by atoms with E-state index in [0.717, 1.165) is 69.8 Å². The number of allylic oxidation sites excluding steroid dienone is 1. The summed E-state index contributed by atoms with van der Waals surface area (Å²) >= 11 is 2.98. The maximum absolute atomic E-state index is 13.0. The van der Waals surface area contributed by atoms with Crippen molar-refractivity contribution in [2.75, 3.05) is 90.9 Å². The topological polar surface area (TPSA) is 294 Å². The Balaban J connectivity index is -0.00000120. The number of unbranched alkanes of at least 4 members (excludes halogenated alkanes) is 8. The molecule has 1 heterocycles. The number of aliphatic hydroxyl groups excluding tert-OH is 1. The van der Waals surface area contributed by atoms with E-state index in [9.17, 15) is 33.6 Å². The highest BCUT2D eigenvalue weighted by molar-refractivity contribution is 7.99. The number of carbonyl (C=O) groups is 7. The van der Waals surface area contributed by atoms with E-state index in [0.29, 0.717) is 83.9 Å². The predicted molar refractivity (Wildman–Crippen MR) is 287 cm³/mol. The van der Waals surface area contributed by atoms with Crippen LogP contribution in [0.5, 0.6) is 0 Å². The number of thioether (sulfide) groups is 1. The molecule has 0 spiro atoms. The van der Waals surface area contributed by atoms with E-state index in [1.165, 1.54) is 23.4 Å². The molecule has 71 heavy (non-hydrogen) atoms. The molecule has 1 aromatic rings. The lowest BCUT2D eigenvalue weighted by Gasteiger charge is -2.25. The number of amides is 6. The van der Waals surface area contributed by atoms with E-state index < -0.39 is 18.1 Å². The number of rotatable bonds is 40. The summed E-state index contributed by atoms with van der Waals surface area (Å²) in [5.41, 5.74) is 13.1. The third-order valence-corrected chi connectivity index (χ3v) is 11.5. The fourth-order valence-electron chi connectivity index (χ4n) is 5.97. The van der Waals surface area contributed by atoms with Crippen LogP contribution in [0, 0.1) is 0 Å². The molecule has 0 radical (unpaired) electrons. The first-order chi connectivity index (χ1) is 34.3. The second-order valence-electron chi connectivity index (χ2n) is 15.8. The van der Waals surface area contributed by atoms with Gasteiger partial charge in [0, 0.05) is 71.0 Å². The summed E-state index contributed by atoms with van der Waals surface area (Å²) in [7, 11) is 1.77. The molecule has 410 valence electrons. The Morgan fingerprint density at radius 1 is 0.845 bits per heavy atom. The minimum absolute atomic E-state index is 0.0904. The first kappa shape index (κ1) is 70.9. The van der Waals surface area contributed by atoms with Gasteiger partial charge in [-0.1, -0.05) is 76.5 Å². The molecule has 0 bridgehead atoms. The molecule has 1 aromatic heterocycles. The summed E-state index contributed by atoms with van der Waals surface area (Å²) < 4.78 is 10.5. The Kier molecular flexibility index (Phi) is 53.3. The largest absolute Gasteiger partial charge is 0.481 e. The van der Waals surface area contributed by atoms with Crippen LogP contribution in [0.2, 0.25) is 0 Å². The number of thiophene rings is 1. The number of carbonyl (C=O) groups excluding carboxylic acids is 6. The molecule has 0 saturated carbocycles. The number of aliphatic carboxylic acids is 1. The molecule has 21 heteroatoms. The van der Waals surface area contributed by atoms with Gasteiger partial charge in [0.25, 0.3) is 0 Å². The second kappa shape index (κ2) is 53.4. The van der Waals surface area contributed by atoms with Gasteiger partial charge in [-0.3, -0.25) is 33.6 Å². The van der Waals surface area contributed by atoms with Crippen LogP contribution in [0.3, 0.4) is 0 Å². The van der Waals surface area contributed by atoms with Gasteiger partial charge in [0.15, 0.2) is 0 Å². The van der Waals surface area contributed by atoms with Crippen molar-refractivity contribution in [1.82, 2.24) is 31.5 Å². The summed E-state index contributed by atoms with van der Waals surface area (Å²) in [6.45, 7) is 13.5. The number of nitrogens with two attached hydrogens (primary N) is 2. The number of nitrogens with zero attached hydrogens (tertiary/aromatic N) is 1. The molecule has 19 nitrogen and oxygen atoms in total. The maximum Gasteiger partial charge on any atom is 0.303 e. The van der Waals surface area contributed by atoms with Gasteiger partial charge >= 0.3 is 5.97 Å². The Morgan fingerprint density at radius 3 is 2.07 bits per heavy atom. The predicted octanol–water partition coefficient (Wildman–Crippen LogP) is 4.07. The monoisotopic (exact) mass is 1040 g/mol. The molecule has 2 unspecified atom stereocenters. The van der Waals surface area contributed by atoms with Crippen LogP contribution < -0.4 is 38.1 Å². The molecule has 0 aromatic carbocycles. The second-order valence-corrected chi connectivity index (χ2v) is 17.7. The number of hydrogen-bond acceptors (Lipinski definition) is 14. The van der Waals surface area contributed by atoms with Crippen molar-refractivity contribution in [2.45, 2.75) is 137 Å². The van der Waals surface area contributed by atoms with E-state index in [1.807, 2.05) is 50.6 Å². The zero-order valence-corrected chi connectivity index (χ0v) is 45.4. The third kappa shape index (κ3) is 47.7. The van der Waals surface area contributed by atoms with Gasteiger partial charge in [0.1, 0.15) is 18.7 Å². The molecule has 0 aliphatic carbocycles. The van der Waals surface area contributed by atoms with E-state index in [-0.39, 0.29) is 61.5 Å². The Hall–Kier alpha value is -4.38. The molecule has 2 atom stereocenters. The number of ether oxygens (including phenoxy) is 2. The molecule has 0 aliphatic rings. The fourth-order valence-corrected chi connectivity index (χ4v) is 7.31. The molecule has 0 aliphatic heterocycles. The van der Waals surface area contributed by atoms with Crippen LogP contribution >= 0.6 is 23.1 Å². The smallest absolute Gasteiger partial charge is 0.303 e. The first-order valence-electron chi connectivity index (χ1n) is 25.1. The average Bonchev–Trinajstić information content (AvgIpc) is 3.88. The summed E-state index contributed by atoms with van der Waals surface area (Å²) in [6.07, 6.45) is 17.5. The Bertz CT molecular complexity index is 1560. The molecular formula is C50H92N8O11S2. The van der Waals surface area contributed by atoms with Crippen molar-refractivity contribution >= 4 is 65.0 Å². The zero-order valence-electron chi connectivity index (χ0n) is 43.8. The summed E-state index contributed by atoms with van der Waals surface area (Å²) in [5.74, 6) is -0.957. The minimum Gasteiger partial charge on any atom is -0.481 e. The number of aliphatic hydroxyl groups is 1. The minimum atomic E-state index is -0.724. The number of nitrogens with one attached hydrogen (secondary N) is 5. The van der Waals surface area contributed by atoms with Gasteiger partial charge < -0.3 is 62.6 Å². The Morgan fingerprint density at radius 2 is 1.48 bits per heavy atom. The van der Waals surface area contributed by atoms with Crippen molar-refractivity contribution in [3.05, 3.63) is 46.2 Å². The quantitative estimate of drug-likeness (QED) is 0.0194. The van der Waals surface area contributed by atoms with Crippen molar-refractivity contribution in [3.8, 4) is 0 Å². The van der Waals surface area contributed by atoms with Gasteiger partial charge in [-0.2, -0.15) is 23.1 Å². The fraction of sp³-hybridized carbons (Fsp3) is 0.700. The van der Waals surface area contributed by atoms with Crippen LogP contribution in [0.4, 0.5) is 0 Å². The van der Waals surface area contributed by atoms with Gasteiger partial charge in [-0.25, -0.2) is 0 Å². The van der Waals surface area contributed by atoms with Crippen LogP contribution in [-0.2, 0) is 49.5 Å². The van der Waals surface area contributed by atoms with Crippen molar-refractivity contribution in [1.29, 1.82) is 0 Å². The summed E-state index contributed by atoms with van der Waals surface area (Å²) in [6, 6.07) is 0.735. The summed E-state index contributed by atoms with van der Waals surface area (Å²) in [5, 5.41) is 33.8. The van der Waals surface area contributed by atoms with Crippen LogP contribution in [0.25, 0.3) is 0 Å². The van der Waals surface area contributed by atoms with Crippen molar-refractivity contribution < 1.29 is 53.2 Å². The van der Waals surface area contributed by atoms with Crippen LogP contribution in [0.1, 0.15) is 124 Å². The molecule has 0 fully saturated rings. The maximum atomic E-state index is 13.0. The van der Waals surface area contributed by atoms with Gasteiger partial charge in [-0.15, -0.1) is 0 Å². The van der Waals surface area contributed by atoms with E-state index in [2.05, 4.69) is 26.6 Å². The van der Waals surface area contributed by atoms with Crippen molar-refractivity contribution in [2.24, 2.45) is 11.5 Å². The zero-order chi connectivity index (χ0) is 53.8. The number of carboxylic acid groups (broad SMARTS) is 1. The van der Waals surface area contributed by atoms with Gasteiger partial charge in [-0.05, 0) is 81.8 Å². The highest BCUT2D eigenvalue weighted by Crippen LogP contribution is 2.13. The molecule has 0 saturated heterocycles. The lowest BCUT2D eigenvalue weighted by Crippen LogP contribution is -2.49. The first-order valence-corrected chi connectivity index (χ1v) is 27.2. The van der Waals surface area contributed by atoms with E-state index in [4.69, 9.17) is 31.2 Å². The lowest BCUT2D eigenvalue weighted by atomic mass is 10.1. The molecular weight excluding hydrogens is 953 g/mol. The molecule has 1 rings (SSSR count). The lowest BCUT2D eigenvalue weighted by molar-refractivity contribution is -0.137. The van der Waals surface area contributed by atoms with Gasteiger partial charge in [0.2, 0.25) is 35.9 Å². The Labute approximate surface area is 433 Å². The highest BCUT2D eigenvalue weighted by Gasteiger charge is 2.25. The average molecular weight is 1050 g/mol. The molecule has 11 N–H and O–H groups in total. The number of likely N-dealkylation sites (N-methyl/N-ethyl adjacent to an activating group) is 1.